The summed E-state index contributed by atoms with van der Waals surface area (Å²) in [6, 6.07) is 16.3. The standard InChI is InChI=1S/C22H20N4O3/c1-26-14-24-18-8-7-16(12-19(18)26)25-22(27)15-6-9-20(21(11-15)28-2)29-13-17-5-3-4-10-23-17/h3-12,14H,13H2,1-2H3,(H,25,27). The maximum Gasteiger partial charge on any atom is 0.255 e. The monoisotopic (exact) mass is 388 g/mol. The van der Waals surface area contributed by atoms with Crippen LogP contribution in [0.4, 0.5) is 5.69 Å². The summed E-state index contributed by atoms with van der Waals surface area (Å²) in [4.78, 5) is 21.2. The first-order chi connectivity index (χ1) is 14.1. The Kier molecular flexibility index (Phi) is 5.11. The van der Waals surface area contributed by atoms with Crippen molar-refractivity contribution in [2.45, 2.75) is 6.61 Å². The van der Waals surface area contributed by atoms with Crippen molar-refractivity contribution < 1.29 is 14.3 Å². The topological polar surface area (TPSA) is 78.3 Å². The summed E-state index contributed by atoms with van der Waals surface area (Å²) < 4.78 is 13.1. The quantitative estimate of drug-likeness (QED) is 0.543. The van der Waals surface area contributed by atoms with Crippen molar-refractivity contribution in [3.63, 3.8) is 0 Å². The second-order valence-corrected chi connectivity index (χ2v) is 6.49. The van der Waals surface area contributed by atoms with Crippen LogP contribution in [0.3, 0.4) is 0 Å². The van der Waals surface area contributed by atoms with Crippen LogP contribution in [0.15, 0.2) is 67.1 Å². The molecule has 0 atom stereocenters. The number of fused-ring (bicyclic) bond motifs is 1. The Balaban J connectivity index is 1.49. The third-order valence-corrected chi connectivity index (χ3v) is 4.51. The summed E-state index contributed by atoms with van der Waals surface area (Å²) in [5.74, 6) is 0.794. The van der Waals surface area contributed by atoms with Crippen molar-refractivity contribution in [2.24, 2.45) is 7.05 Å². The van der Waals surface area contributed by atoms with Crippen molar-refractivity contribution in [1.29, 1.82) is 0 Å². The van der Waals surface area contributed by atoms with Gasteiger partial charge in [0.05, 0.1) is 30.2 Å². The zero-order valence-corrected chi connectivity index (χ0v) is 16.1. The minimum absolute atomic E-state index is 0.235. The second-order valence-electron chi connectivity index (χ2n) is 6.49. The van der Waals surface area contributed by atoms with Crippen molar-refractivity contribution >= 4 is 22.6 Å². The molecule has 146 valence electrons. The first-order valence-electron chi connectivity index (χ1n) is 9.07. The van der Waals surface area contributed by atoms with Crippen LogP contribution in [-0.4, -0.2) is 27.6 Å². The van der Waals surface area contributed by atoms with Gasteiger partial charge < -0.3 is 19.4 Å². The summed E-state index contributed by atoms with van der Waals surface area (Å²) in [6.45, 7) is 0.313. The summed E-state index contributed by atoms with van der Waals surface area (Å²) in [5, 5.41) is 2.91. The predicted octanol–water partition coefficient (Wildman–Crippen LogP) is 3.81. The highest BCUT2D eigenvalue weighted by molar-refractivity contribution is 6.05. The van der Waals surface area contributed by atoms with Crippen LogP contribution in [0.2, 0.25) is 0 Å². The molecule has 0 radical (unpaired) electrons. The molecular weight excluding hydrogens is 368 g/mol. The summed E-state index contributed by atoms with van der Waals surface area (Å²) in [6.07, 6.45) is 3.46. The number of aryl methyl sites for hydroxylation is 1. The number of nitrogens with zero attached hydrogens (tertiary/aromatic N) is 3. The molecule has 0 bridgehead atoms. The van der Waals surface area contributed by atoms with E-state index in [9.17, 15) is 4.79 Å². The first-order valence-corrected chi connectivity index (χ1v) is 9.07. The van der Waals surface area contributed by atoms with Crippen LogP contribution in [0, 0.1) is 0 Å². The maximum atomic E-state index is 12.7. The highest BCUT2D eigenvalue weighted by atomic mass is 16.5. The molecule has 0 saturated heterocycles. The average Bonchev–Trinajstić information content (AvgIpc) is 3.13. The van der Waals surface area contributed by atoms with Crippen LogP contribution < -0.4 is 14.8 Å². The van der Waals surface area contributed by atoms with E-state index in [1.54, 1.807) is 37.8 Å². The maximum absolute atomic E-state index is 12.7. The van der Waals surface area contributed by atoms with Crippen LogP contribution in [-0.2, 0) is 13.7 Å². The SMILES string of the molecule is COc1cc(C(=O)Nc2ccc3ncn(C)c3c2)ccc1OCc1ccccn1. The Morgan fingerprint density at radius 3 is 2.76 bits per heavy atom. The number of amides is 1. The molecule has 29 heavy (non-hydrogen) atoms. The van der Waals surface area contributed by atoms with E-state index in [0.717, 1.165) is 16.7 Å². The van der Waals surface area contributed by atoms with Crippen LogP contribution in [0.25, 0.3) is 11.0 Å². The predicted molar refractivity (Wildman–Crippen MR) is 110 cm³/mol. The molecule has 0 fully saturated rings. The number of hydrogen-bond acceptors (Lipinski definition) is 5. The number of pyridine rings is 1. The van der Waals surface area contributed by atoms with Gasteiger partial charge >= 0.3 is 0 Å². The summed E-state index contributed by atoms with van der Waals surface area (Å²) in [7, 11) is 3.45. The molecule has 0 unspecified atom stereocenters. The molecule has 2 aromatic carbocycles. The molecule has 0 spiro atoms. The lowest BCUT2D eigenvalue weighted by Crippen LogP contribution is -2.12. The van der Waals surface area contributed by atoms with E-state index < -0.39 is 0 Å². The van der Waals surface area contributed by atoms with Crippen LogP contribution in [0.5, 0.6) is 11.5 Å². The molecule has 2 heterocycles. The van der Waals surface area contributed by atoms with Gasteiger partial charge in [-0.2, -0.15) is 0 Å². The largest absolute Gasteiger partial charge is 0.493 e. The molecule has 2 aromatic heterocycles. The third-order valence-electron chi connectivity index (χ3n) is 4.51. The molecule has 4 rings (SSSR count). The molecule has 1 N–H and O–H groups in total. The van der Waals surface area contributed by atoms with E-state index in [4.69, 9.17) is 9.47 Å². The number of carbonyl (C=O) groups is 1. The number of hydrogen-bond donors (Lipinski definition) is 1. The lowest BCUT2D eigenvalue weighted by atomic mass is 10.1. The number of methoxy groups -OCH3 is 1. The van der Waals surface area contributed by atoms with E-state index in [1.807, 2.05) is 48.0 Å². The summed E-state index contributed by atoms with van der Waals surface area (Å²) in [5.41, 5.74) is 3.79. The Morgan fingerprint density at radius 1 is 1.07 bits per heavy atom. The van der Waals surface area contributed by atoms with E-state index in [-0.39, 0.29) is 5.91 Å². The smallest absolute Gasteiger partial charge is 0.255 e. The number of carbonyl (C=O) groups excluding carboxylic acids is 1. The number of anilines is 1. The fraction of sp³-hybridized carbons (Fsp3) is 0.136. The van der Waals surface area contributed by atoms with Gasteiger partial charge in [0.25, 0.3) is 5.91 Å². The fourth-order valence-electron chi connectivity index (χ4n) is 2.97. The molecular formula is C22H20N4O3. The average molecular weight is 388 g/mol. The molecule has 0 aliphatic carbocycles. The van der Waals surface area contributed by atoms with Crippen molar-refractivity contribution in [2.75, 3.05) is 12.4 Å². The molecule has 4 aromatic rings. The van der Waals surface area contributed by atoms with Gasteiger partial charge in [0.2, 0.25) is 0 Å². The molecule has 1 amide bonds. The highest BCUT2D eigenvalue weighted by Gasteiger charge is 2.13. The van der Waals surface area contributed by atoms with Gasteiger partial charge in [-0.25, -0.2) is 4.98 Å². The fourth-order valence-corrected chi connectivity index (χ4v) is 2.97. The zero-order chi connectivity index (χ0) is 20.2. The highest BCUT2D eigenvalue weighted by Crippen LogP contribution is 2.29. The normalized spacial score (nSPS) is 10.7. The minimum Gasteiger partial charge on any atom is -0.493 e. The van der Waals surface area contributed by atoms with E-state index in [0.29, 0.717) is 29.4 Å². The van der Waals surface area contributed by atoms with Gasteiger partial charge in [-0.1, -0.05) is 6.07 Å². The number of benzene rings is 2. The Morgan fingerprint density at radius 2 is 1.97 bits per heavy atom. The van der Waals surface area contributed by atoms with Gasteiger partial charge in [-0.3, -0.25) is 9.78 Å². The van der Waals surface area contributed by atoms with Gasteiger partial charge in [0.1, 0.15) is 6.61 Å². The van der Waals surface area contributed by atoms with Gasteiger partial charge in [-0.15, -0.1) is 0 Å². The molecule has 0 saturated carbocycles. The molecule has 7 nitrogen and oxygen atoms in total. The lowest BCUT2D eigenvalue weighted by Gasteiger charge is -2.12. The van der Waals surface area contributed by atoms with E-state index in [2.05, 4.69) is 15.3 Å². The number of nitrogens with one attached hydrogen (secondary N) is 1. The Hall–Kier alpha value is -3.87. The Labute approximate surface area is 167 Å². The zero-order valence-electron chi connectivity index (χ0n) is 16.1. The second kappa shape index (κ2) is 8.02. The Bertz CT molecular complexity index is 1160. The lowest BCUT2D eigenvalue weighted by molar-refractivity contribution is 0.102. The number of rotatable bonds is 6. The first kappa shape index (κ1) is 18.5. The molecule has 0 aliphatic rings. The minimum atomic E-state index is -0.235. The van der Waals surface area contributed by atoms with Gasteiger partial charge in [0, 0.05) is 24.5 Å². The van der Waals surface area contributed by atoms with E-state index >= 15 is 0 Å². The van der Waals surface area contributed by atoms with Gasteiger partial charge in [0.15, 0.2) is 11.5 Å². The molecule has 7 heteroatoms. The van der Waals surface area contributed by atoms with Crippen LogP contribution >= 0.6 is 0 Å². The summed E-state index contributed by atoms with van der Waals surface area (Å²) >= 11 is 0. The number of ether oxygens (including phenoxy) is 2. The number of imidazole rings is 1. The van der Waals surface area contributed by atoms with Crippen molar-refractivity contribution in [1.82, 2.24) is 14.5 Å². The molecule has 0 aliphatic heterocycles. The van der Waals surface area contributed by atoms with Gasteiger partial charge in [-0.05, 0) is 48.5 Å². The third kappa shape index (κ3) is 4.03. The number of aromatic nitrogens is 3. The van der Waals surface area contributed by atoms with E-state index in [1.165, 1.54) is 0 Å². The van der Waals surface area contributed by atoms with Crippen molar-refractivity contribution in [3.05, 3.63) is 78.4 Å². The van der Waals surface area contributed by atoms with Crippen molar-refractivity contribution in [3.8, 4) is 11.5 Å². The van der Waals surface area contributed by atoms with Crippen LogP contribution in [0.1, 0.15) is 16.1 Å².